The third-order valence-electron chi connectivity index (χ3n) is 6.74. The summed E-state index contributed by atoms with van der Waals surface area (Å²) >= 11 is 1.10. The van der Waals surface area contributed by atoms with E-state index in [1.54, 1.807) is 12.1 Å². The van der Waals surface area contributed by atoms with Crippen molar-refractivity contribution < 1.29 is 35.8 Å². The third kappa shape index (κ3) is 6.31. The van der Waals surface area contributed by atoms with E-state index in [1.165, 1.54) is 30.3 Å². The summed E-state index contributed by atoms with van der Waals surface area (Å²) in [6, 6.07) is 10.5. The largest absolute Gasteiger partial charge is 0.488 e. The number of fused-ring (bicyclic) bond motifs is 1. The molecule has 0 radical (unpaired) electrons. The van der Waals surface area contributed by atoms with Gasteiger partial charge in [-0.3, -0.25) is 9.29 Å². The van der Waals surface area contributed by atoms with Gasteiger partial charge in [0.15, 0.2) is 17.3 Å². The monoisotopic (exact) mass is 592 g/mol. The average molecular weight is 593 g/mol. The van der Waals surface area contributed by atoms with Crippen LogP contribution in [-0.4, -0.2) is 43.5 Å². The number of anilines is 1. The molecule has 1 fully saturated rings. The summed E-state index contributed by atoms with van der Waals surface area (Å²) in [5, 5.41) is 0.485. The minimum Gasteiger partial charge on any atom is -0.488 e. The van der Waals surface area contributed by atoms with Crippen molar-refractivity contribution in [3.63, 3.8) is 0 Å². The molecule has 0 amide bonds. The lowest BCUT2D eigenvalue weighted by Gasteiger charge is -2.38. The molecule has 0 unspecified atom stereocenters. The summed E-state index contributed by atoms with van der Waals surface area (Å²) in [4.78, 5) is 2.30. The van der Waals surface area contributed by atoms with Gasteiger partial charge in [-0.1, -0.05) is 18.7 Å². The maximum Gasteiger partial charge on any atom is 0.393 e. The highest BCUT2D eigenvalue weighted by molar-refractivity contribution is 7.23. The number of ether oxygens (including phenoxy) is 2. The molecule has 2 heterocycles. The van der Waals surface area contributed by atoms with E-state index in [1.807, 2.05) is 4.90 Å². The van der Waals surface area contributed by atoms with Crippen molar-refractivity contribution in [3.8, 4) is 27.7 Å². The number of thiophene rings is 1. The fourth-order valence-electron chi connectivity index (χ4n) is 4.81. The van der Waals surface area contributed by atoms with E-state index in [4.69, 9.17) is 15.2 Å². The van der Waals surface area contributed by atoms with Crippen LogP contribution >= 0.6 is 11.3 Å². The van der Waals surface area contributed by atoms with Gasteiger partial charge in [0.05, 0.1) is 18.0 Å². The molecule has 3 aromatic carbocycles. The van der Waals surface area contributed by atoms with Crippen LogP contribution in [-0.2, 0) is 6.42 Å². The summed E-state index contributed by atoms with van der Waals surface area (Å²) in [6.07, 6.45) is -4.14. The van der Waals surface area contributed by atoms with Gasteiger partial charge in [-0.2, -0.15) is 13.2 Å². The molecular formula is C30H26F6N2O2S. The SMILES string of the molecule is C=Cc1c(N)ccc2c(Oc3ccc(OC4CN(CCCF)C4)cc3F)c(-c3ccc(F)cc3CC(F)(F)F)sc12. The number of hydrogen-bond donors (Lipinski definition) is 1. The molecule has 2 N–H and O–H groups in total. The number of likely N-dealkylation sites (tertiary alicyclic amines) is 1. The number of nitrogen functional groups attached to an aromatic ring is 1. The van der Waals surface area contributed by atoms with Gasteiger partial charge in [0.2, 0.25) is 0 Å². The van der Waals surface area contributed by atoms with E-state index >= 15 is 4.39 Å². The fraction of sp³-hybridized carbons (Fsp3) is 0.267. The molecular weight excluding hydrogens is 566 g/mol. The van der Waals surface area contributed by atoms with Crippen LogP contribution in [0.25, 0.3) is 26.6 Å². The van der Waals surface area contributed by atoms with Gasteiger partial charge in [0.25, 0.3) is 0 Å². The fourth-order valence-corrected chi connectivity index (χ4v) is 6.15. The summed E-state index contributed by atoms with van der Waals surface area (Å²) in [5.41, 5.74) is 6.88. The first-order valence-electron chi connectivity index (χ1n) is 12.8. The van der Waals surface area contributed by atoms with Gasteiger partial charge >= 0.3 is 6.18 Å². The molecule has 1 aromatic heterocycles. The number of benzene rings is 3. The second-order valence-corrected chi connectivity index (χ2v) is 10.8. The second-order valence-electron chi connectivity index (χ2n) is 9.74. The van der Waals surface area contributed by atoms with E-state index in [0.717, 1.165) is 23.5 Å². The smallest absolute Gasteiger partial charge is 0.393 e. The van der Waals surface area contributed by atoms with Crippen LogP contribution in [0.15, 0.2) is 55.1 Å². The Balaban J connectivity index is 1.51. The van der Waals surface area contributed by atoms with Gasteiger partial charge in [0, 0.05) is 47.0 Å². The van der Waals surface area contributed by atoms with Crippen molar-refractivity contribution in [3.05, 3.63) is 77.9 Å². The Kier molecular flexibility index (Phi) is 8.19. The zero-order chi connectivity index (χ0) is 29.3. The van der Waals surface area contributed by atoms with Crippen molar-refractivity contribution in [1.29, 1.82) is 0 Å². The van der Waals surface area contributed by atoms with Crippen LogP contribution in [0.4, 0.5) is 32.0 Å². The van der Waals surface area contributed by atoms with Gasteiger partial charge in [-0.15, -0.1) is 11.3 Å². The Hall–Kier alpha value is -3.70. The molecule has 11 heteroatoms. The number of rotatable bonds is 10. The number of halogens is 6. The van der Waals surface area contributed by atoms with Crippen molar-refractivity contribution in [2.45, 2.75) is 25.1 Å². The van der Waals surface area contributed by atoms with Crippen LogP contribution in [0.1, 0.15) is 17.5 Å². The topological polar surface area (TPSA) is 47.7 Å². The van der Waals surface area contributed by atoms with Crippen LogP contribution in [0, 0.1) is 11.6 Å². The molecule has 0 spiro atoms. The zero-order valence-corrected chi connectivity index (χ0v) is 22.6. The normalized spacial score (nSPS) is 14.3. The Morgan fingerprint density at radius 1 is 1.07 bits per heavy atom. The van der Waals surface area contributed by atoms with Crippen LogP contribution in [0.5, 0.6) is 17.2 Å². The molecule has 0 saturated carbocycles. The highest BCUT2D eigenvalue weighted by Gasteiger charge is 2.31. The molecule has 0 atom stereocenters. The van der Waals surface area contributed by atoms with Crippen molar-refractivity contribution in [2.75, 3.05) is 32.0 Å². The van der Waals surface area contributed by atoms with E-state index in [9.17, 15) is 22.0 Å². The van der Waals surface area contributed by atoms with Gasteiger partial charge in [-0.05, 0) is 53.9 Å². The molecule has 1 aliphatic rings. The molecule has 4 aromatic rings. The Labute approximate surface area is 236 Å². The molecule has 1 saturated heterocycles. The van der Waals surface area contributed by atoms with Gasteiger partial charge < -0.3 is 15.2 Å². The van der Waals surface area contributed by atoms with Crippen molar-refractivity contribution in [2.24, 2.45) is 0 Å². The lowest BCUT2D eigenvalue weighted by atomic mass is 10.0. The predicted molar refractivity (Wildman–Crippen MR) is 149 cm³/mol. The molecule has 5 rings (SSSR count). The maximum atomic E-state index is 15.3. The van der Waals surface area contributed by atoms with Crippen LogP contribution < -0.4 is 15.2 Å². The predicted octanol–water partition coefficient (Wildman–Crippen LogP) is 8.39. The van der Waals surface area contributed by atoms with E-state index in [-0.39, 0.29) is 46.0 Å². The first-order chi connectivity index (χ1) is 19.6. The van der Waals surface area contributed by atoms with Crippen LogP contribution in [0.2, 0.25) is 0 Å². The Morgan fingerprint density at radius 3 is 2.54 bits per heavy atom. The molecule has 216 valence electrons. The maximum absolute atomic E-state index is 15.3. The van der Waals surface area contributed by atoms with Crippen molar-refractivity contribution in [1.82, 2.24) is 4.90 Å². The van der Waals surface area contributed by atoms with Crippen molar-refractivity contribution >= 4 is 33.2 Å². The van der Waals surface area contributed by atoms with Crippen LogP contribution in [0.3, 0.4) is 0 Å². The zero-order valence-electron chi connectivity index (χ0n) is 21.7. The number of alkyl halides is 4. The first-order valence-corrected chi connectivity index (χ1v) is 13.6. The summed E-state index contributed by atoms with van der Waals surface area (Å²) in [7, 11) is 0. The van der Waals surface area contributed by atoms with E-state index < -0.39 is 24.2 Å². The number of nitrogens with zero attached hydrogens (tertiary/aromatic N) is 1. The Bertz CT molecular complexity index is 1580. The summed E-state index contributed by atoms with van der Waals surface area (Å²) < 4.78 is 94.4. The number of hydrogen-bond acceptors (Lipinski definition) is 5. The standard InChI is InChI=1S/C30H26F6N2O2S/c1-2-21-25(37)8-7-23-27(29(41-28(21)23)22-6-4-18(32)12-17(22)14-30(34,35)36)40-26-9-5-19(13-24(26)33)39-20-15-38(16-20)11-3-10-31/h2,4-9,12-13,20H,1,3,10-11,14-16,37H2. The quantitative estimate of drug-likeness (QED) is 0.148. The Morgan fingerprint density at radius 2 is 1.85 bits per heavy atom. The molecule has 0 bridgehead atoms. The molecule has 41 heavy (non-hydrogen) atoms. The minimum atomic E-state index is -4.59. The lowest BCUT2D eigenvalue weighted by molar-refractivity contribution is -0.127. The third-order valence-corrected chi connectivity index (χ3v) is 7.99. The minimum absolute atomic E-state index is 0.108. The average Bonchev–Trinajstić information content (AvgIpc) is 3.23. The van der Waals surface area contributed by atoms with E-state index in [0.29, 0.717) is 47.4 Å². The summed E-state index contributed by atoms with van der Waals surface area (Å²) in [5.74, 6) is -1.33. The van der Waals surface area contributed by atoms with Gasteiger partial charge in [-0.25, -0.2) is 8.78 Å². The summed E-state index contributed by atoms with van der Waals surface area (Å²) in [6.45, 7) is 5.25. The lowest BCUT2D eigenvalue weighted by Crippen LogP contribution is -2.53. The van der Waals surface area contributed by atoms with E-state index in [2.05, 4.69) is 6.58 Å². The molecule has 1 aliphatic heterocycles. The highest BCUT2D eigenvalue weighted by atomic mass is 32.1. The molecule has 4 nitrogen and oxygen atoms in total. The molecule has 0 aliphatic carbocycles. The first kappa shape index (κ1) is 28.8. The number of nitrogens with two attached hydrogens (primary N) is 1. The van der Waals surface area contributed by atoms with Gasteiger partial charge in [0.1, 0.15) is 17.7 Å². The second kappa shape index (κ2) is 11.7. The highest BCUT2D eigenvalue weighted by Crippen LogP contribution is 2.50.